The second-order valence-electron chi connectivity index (χ2n) is 7.64. The molecule has 13 heteroatoms. The van der Waals surface area contributed by atoms with Crippen LogP contribution in [0.15, 0.2) is 12.5 Å². The molecule has 0 radical (unpaired) electrons. The molecule has 12 nitrogen and oxygen atoms in total. The van der Waals surface area contributed by atoms with E-state index < -0.39 is 47.9 Å². The van der Waals surface area contributed by atoms with Gasteiger partial charge in [-0.3, -0.25) is 14.4 Å². The first kappa shape index (κ1) is 28.4. The maximum absolute atomic E-state index is 12.8. The number of nitrogens with one attached hydrogen (secondary N) is 4. The van der Waals surface area contributed by atoms with E-state index in [0.29, 0.717) is 37.3 Å². The van der Waals surface area contributed by atoms with Gasteiger partial charge in [0.15, 0.2) is 0 Å². The smallest absolute Gasteiger partial charge is 0.326 e. The van der Waals surface area contributed by atoms with Crippen LogP contribution < -0.4 is 27.4 Å². The highest BCUT2D eigenvalue weighted by atomic mass is 32.2. The van der Waals surface area contributed by atoms with Gasteiger partial charge in [0.2, 0.25) is 17.7 Å². The number of H-pyrrole nitrogens is 1. The Labute approximate surface area is 197 Å². The van der Waals surface area contributed by atoms with Gasteiger partial charge >= 0.3 is 5.97 Å². The summed E-state index contributed by atoms with van der Waals surface area (Å²) in [5.74, 6) is -2.18. The lowest BCUT2D eigenvalue weighted by atomic mass is 10.1. The average Bonchev–Trinajstić information content (AvgIpc) is 3.29. The molecule has 1 aromatic rings. The fraction of sp³-hybridized carbons (Fsp3) is 0.650. The van der Waals surface area contributed by atoms with Crippen molar-refractivity contribution in [1.82, 2.24) is 25.9 Å². The lowest BCUT2D eigenvalue weighted by molar-refractivity contribution is -0.142. The van der Waals surface area contributed by atoms with E-state index in [0.717, 1.165) is 0 Å². The van der Waals surface area contributed by atoms with Crippen LogP contribution in [0.1, 0.15) is 38.3 Å². The number of imidazole rings is 1. The van der Waals surface area contributed by atoms with Crippen molar-refractivity contribution in [2.75, 3.05) is 18.6 Å². The maximum atomic E-state index is 12.8. The van der Waals surface area contributed by atoms with Crippen molar-refractivity contribution in [3.63, 3.8) is 0 Å². The highest BCUT2D eigenvalue weighted by Gasteiger charge is 2.28. The van der Waals surface area contributed by atoms with Crippen molar-refractivity contribution in [2.24, 2.45) is 11.5 Å². The SMILES string of the molecule is CSCCC(N)C(=O)NC(C)C(=O)NC(CCCCN)C(=O)NC(Cc1cnc[nH]1)C(=O)O. The van der Waals surface area contributed by atoms with Gasteiger partial charge in [0.25, 0.3) is 0 Å². The number of amides is 3. The predicted molar refractivity (Wildman–Crippen MR) is 125 cm³/mol. The zero-order valence-corrected chi connectivity index (χ0v) is 19.8. The van der Waals surface area contributed by atoms with Gasteiger partial charge in [-0.25, -0.2) is 9.78 Å². The minimum absolute atomic E-state index is 0.00489. The molecule has 4 unspecified atom stereocenters. The first-order valence-corrected chi connectivity index (χ1v) is 12.1. The maximum Gasteiger partial charge on any atom is 0.326 e. The molecule has 33 heavy (non-hydrogen) atoms. The quantitative estimate of drug-likeness (QED) is 0.139. The molecule has 0 spiro atoms. The molecule has 186 valence electrons. The molecule has 0 saturated heterocycles. The highest BCUT2D eigenvalue weighted by molar-refractivity contribution is 7.98. The van der Waals surface area contributed by atoms with E-state index in [1.807, 2.05) is 6.26 Å². The zero-order valence-electron chi connectivity index (χ0n) is 19.0. The first-order valence-electron chi connectivity index (χ1n) is 10.7. The number of carboxylic acids is 1. The average molecular weight is 486 g/mol. The molecule has 4 atom stereocenters. The van der Waals surface area contributed by atoms with Crippen LogP contribution in [-0.4, -0.2) is 81.5 Å². The van der Waals surface area contributed by atoms with Gasteiger partial charge in [-0.05, 0) is 51.2 Å². The molecule has 3 amide bonds. The fourth-order valence-corrected chi connectivity index (χ4v) is 3.40. The van der Waals surface area contributed by atoms with Crippen LogP contribution in [0, 0.1) is 0 Å². The van der Waals surface area contributed by atoms with Gasteiger partial charge in [0, 0.05) is 18.3 Å². The van der Waals surface area contributed by atoms with E-state index in [-0.39, 0.29) is 12.8 Å². The van der Waals surface area contributed by atoms with Crippen LogP contribution in [0.5, 0.6) is 0 Å². The first-order chi connectivity index (χ1) is 15.7. The summed E-state index contributed by atoms with van der Waals surface area (Å²) < 4.78 is 0. The summed E-state index contributed by atoms with van der Waals surface area (Å²) in [6, 6.07) is -3.87. The largest absolute Gasteiger partial charge is 0.480 e. The Morgan fingerprint density at radius 1 is 1.09 bits per heavy atom. The Kier molecular flexibility index (Phi) is 13.1. The van der Waals surface area contributed by atoms with E-state index in [9.17, 15) is 24.3 Å². The number of aliphatic carboxylic acids is 1. The number of carbonyl (C=O) groups excluding carboxylic acids is 3. The Bertz CT molecular complexity index is 762. The Balaban J connectivity index is 2.77. The number of rotatable bonds is 16. The number of nitrogens with zero attached hydrogens (tertiary/aromatic N) is 1. The third kappa shape index (κ3) is 10.7. The number of carboxylic acid groups (broad SMARTS) is 1. The molecule has 0 fully saturated rings. The summed E-state index contributed by atoms with van der Waals surface area (Å²) in [6.07, 6.45) is 6.70. The molecule has 0 aliphatic rings. The lowest BCUT2D eigenvalue weighted by Crippen LogP contribution is -2.56. The molecule has 1 aromatic heterocycles. The molecule has 9 N–H and O–H groups in total. The Morgan fingerprint density at radius 3 is 2.36 bits per heavy atom. The minimum Gasteiger partial charge on any atom is -0.480 e. The van der Waals surface area contributed by atoms with E-state index >= 15 is 0 Å². The van der Waals surface area contributed by atoms with E-state index in [1.54, 1.807) is 11.8 Å². The summed E-state index contributed by atoms with van der Waals surface area (Å²) in [4.78, 5) is 55.9. The molecule has 0 aliphatic carbocycles. The Morgan fingerprint density at radius 2 is 1.79 bits per heavy atom. The van der Waals surface area contributed by atoms with Crippen molar-refractivity contribution in [1.29, 1.82) is 0 Å². The molecule has 0 aliphatic heterocycles. The van der Waals surface area contributed by atoms with Crippen molar-refractivity contribution in [2.45, 2.75) is 63.2 Å². The minimum atomic E-state index is -1.22. The third-order valence-corrected chi connectivity index (χ3v) is 5.54. The number of aromatic nitrogens is 2. The van der Waals surface area contributed by atoms with Crippen LogP contribution in [0.25, 0.3) is 0 Å². The third-order valence-electron chi connectivity index (χ3n) is 4.90. The van der Waals surface area contributed by atoms with Crippen molar-refractivity contribution in [3.8, 4) is 0 Å². The lowest BCUT2D eigenvalue weighted by Gasteiger charge is -2.23. The van der Waals surface area contributed by atoms with Crippen LogP contribution in [-0.2, 0) is 25.6 Å². The van der Waals surface area contributed by atoms with E-state index in [2.05, 4.69) is 25.9 Å². The molecule has 0 bridgehead atoms. The van der Waals surface area contributed by atoms with Crippen LogP contribution in [0.2, 0.25) is 0 Å². The van der Waals surface area contributed by atoms with Gasteiger partial charge in [-0.1, -0.05) is 0 Å². The fourth-order valence-electron chi connectivity index (χ4n) is 2.91. The van der Waals surface area contributed by atoms with Crippen molar-refractivity contribution >= 4 is 35.5 Å². The molecule has 0 saturated carbocycles. The Hall–Kier alpha value is -2.64. The number of unbranched alkanes of at least 4 members (excludes halogenated alkanes) is 1. The summed E-state index contributed by atoms with van der Waals surface area (Å²) >= 11 is 1.56. The second-order valence-corrected chi connectivity index (χ2v) is 8.63. The van der Waals surface area contributed by atoms with Crippen molar-refractivity contribution in [3.05, 3.63) is 18.2 Å². The summed E-state index contributed by atoms with van der Waals surface area (Å²) in [5, 5.41) is 17.1. The molecule has 1 rings (SSSR count). The number of hydrogen-bond acceptors (Lipinski definition) is 8. The van der Waals surface area contributed by atoms with Crippen LogP contribution >= 0.6 is 11.8 Å². The highest BCUT2D eigenvalue weighted by Crippen LogP contribution is 2.05. The van der Waals surface area contributed by atoms with Gasteiger partial charge in [0.1, 0.15) is 18.1 Å². The zero-order chi connectivity index (χ0) is 24.8. The van der Waals surface area contributed by atoms with Gasteiger partial charge in [-0.2, -0.15) is 11.8 Å². The number of nitrogens with two attached hydrogens (primary N) is 2. The molecule has 1 heterocycles. The number of thioether (sulfide) groups is 1. The predicted octanol–water partition coefficient (Wildman–Crippen LogP) is -1.28. The topological polar surface area (TPSA) is 205 Å². The second kappa shape index (κ2) is 15.2. The van der Waals surface area contributed by atoms with Crippen LogP contribution in [0.3, 0.4) is 0 Å². The molecular weight excluding hydrogens is 450 g/mol. The monoisotopic (exact) mass is 485 g/mol. The number of carbonyl (C=O) groups is 4. The van der Waals surface area contributed by atoms with Gasteiger partial charge in [-0.15, -0.1) is 0 Å². The number of hydrogen-bond donors (Lipinski definition) is 7. The van der Waals surface area contributed by atoms with Crippen molar-refractivity contribution < 1.29 is 24.3 Å². The van der Waals surface area contributed by atoms with Gasteiger partial charge in [0.05, 0.1) is 12.4 Å². The summed E-state index contributed by atoms with van der Waals surface area (Å²) in [5.41, 5.74) is 11.9. The van der Waals surface area contributed by atoms with Crippen LogP contribution in [0.4, 0.5) is 0 Å². The molecule has 0 aromatic carbocycles. The van der Waals surface area contributed by atoms with E-state index in [1.165, 1.54) is 19.4 Å². The van der Waals surface area contributed by atoms with Gasteiger partial charge < -0.3 is 37.5 Å². The summed E-state index contributed by atoms with van der Waals surface area (Å²) in [7, 11) is 0. The number of aromatic amines is 1. The standard InChI is InChI=1S/C20H35N7O5S/c1-12(25-18(29)14(22)6-8-33-2)17(28)26-15(5-3-4-7-21)19(30)27-16(20(31)32)9-13-10-23-11-24-13/h10-12,14-16H,3-9,21-22H2,1-2H3,(H,23,24)(H,25,29)(H,26,28)(H,27,30)(H,31,32). The molecular formula is C20H35N7O5S. The normalized spacial score (nSPS) is 14.5. The summed E-state index contributed by atoms with van der Waals surface area (Å²) in [6.45, 7) is 1.90. The van der Waals surface area contributed by atoms with E-state index in [4.69, 9.17) is 11.5 Å².